The normalized spacial score (nSPS) is 11.0. The molecule has 0 unspecified atom stereocenters. The van der Waals surface area contributed by atoms with Crippen LogP contribution in [0.15, 0.2) is 60.9 Å². The van der Waals surface area contributed by atoms with E-state index in [1.165, 1.54) is 0 Å². The third-order valence-electron chi connectivity index (χ3n) is 6.94. The van der Waals surface area contributed by atoms with Gasteiger partial charge < -0.3 is 35.8 Å². The van der Waals surface area contributed by atoms with Gasteiger partial charge in [0.2, 0.25) is 0 Å². The molecular weight excluding hydrogens is 546 g/mol. The van der Waals surface area contributed by atoms with Crippen molar-refractivity contribution in [3.63, 3.8) is 0 Å². The van der Waals surface area contributed by atoms with E-state index in [-0.39, 0.29) is 12.5 Å². The molecule has 0 radical (unpaired) electrons. The molecule has 0 aliphatic carbocycles. The first kappa shape index (κ1) is 31.6. The van der Waals surface area contributed by atoms with Gasteiger partial charge in [-0.05, 0) is 75.6 Å². The highest BCUT2D eigenvalue weighted by molar-refractivity contribution is 5.93. The number of nitrogens with zero attached hydrogens (tertiary/aromatic N) is 4. The van der Waals surface area contributed by atoms with E-state index in [9.17, 15) is 4.79 Å². The van der Waals surface area contributed by atoms with Crippen molar-refractivity contribution < 1.29 is 19.4 Å². The van der Waals surface area contributed by atoms with Crippen molar-refractivity contribution in [3.05, 3.63) is 66.6 Å². The molecule has 43 heavy (non-hydrogen) atoms. The Bertz CT molecular complexity index is 1460. The fourth-order valence-electron chi connectivity index (χ4n) is 4.63. The van der Waals surface area contributed by atoms with Crippen molar-refractivity contribution in [2.24, 2.45) is 5.73 Å². The molecule has 0 spiro atoms. The molecule has 0 bridgehead atoms. The summed E-state index contributed by atoms with van der Waals surface area (Å²) in [6.45, 7) is 3.61. The summed E-state index contributed by atoms with van der Waals surface area (Å²) in [5.41, 5.74) is 10.6. The number of hydrogen-bond acceptors (Lipinski definition) is 10. The molecule has 2 aromatic heterocycles. The lowest BCUT2D eigenvalue weighted by molar-refractivity contribution is 0.0948. The SMILES string of the molecule is COc1cc(OC)cc(N(CCCNCCCO)c2ccc3ncc(-c4ccnc(C(=O)NCCCCN)c4)nc3c2)c1. The van der Waals surface area contributed by atoms with Crippen LogP contribution in [-0.2, 0) is 0 Å². The van der Waals surface area contributed by atoms with Crippen LogP contribution < -0.4 is 30.7 Å². The van der Waals surface area contributed by atoms with E-state index in [2.05, 4.69) is 25.5 Å². The van der Waals surface area contributed by atoms with E-state index < -0.39 is 0 Å². The standard InChI is InChI=1S/C32H41N7O4/c1-42-26-18-25(19-27(21-26)43-2)39(15-5-11-34-12-6-16-40)24-7-8-28-29(20-24)38-31(22-37-28)23-9-14-35-30(17-23)32(41)36-13-4-3-10-33/h7-9,14,17-22,34,40H,3-6,10-13,15-16,33H2,1-2H3,(H,36,41). The first-order valence-corrected chi connectivity index (χ1v) is 14.6. The summed E-state index contributed by atoms with van der Waals surface area (Å²) in [5, 5.41) is 15.3. The van der Waals surface area contributed by atoms with Crippen molar-refractivity contribution in [2.75, 3.05) is 58.5 Å². The zero-order valence-electron chi connectivity index (χ0n) is 24.9. The topological polar surface area (TPSA) is 148 Å². The summed E-state index contributed by atoms with van der Waals surface area (Å²) in [6, 6.07) is 15.4. The first-order chi connectivity index (χ1) is 21.1. The van der Waals surface area contributed by atoms with Gasteiger partial charge in [-0.1, -0.05) is 0 Å². The summed E-state index contributed by atoms with van der Waals surface area (Å²) in [5.74, 6) is 1.16. The lowest BCUT2D eigenvalue weighted by atomic mass is 10.1. The van der Waals surface area contributed by atoms with Crippen LogP contribution in [0.1, 0.15) is 36.2 Å². The molecule has 4 rings (SSSR count). The van der Waals surface area contributed by atoms with Gasteiger partial charge in [-0.3, -0.25) is 14.8 Å². The number of unbranched alkanes of at least 4 members (excludes halogenated alkanes) is 1. The highest BCUT2D eigenvalue weighted by Gasteiger charge is 2.15. The van der Waals surface area contributed by atoms with Crippen LogP contribution in [0.3, 0.4) is 0 Å². The minimum atomic E-state index is -0.231. The number of carbonyl (C=O) groups is 1. The third kappa shape index (κ3) is 8.84. The highest BCUT2D eigenvalue weighted by Crippen LogP contribution is 2.34. The smallest absolute Gasteiger partial charge is 0.269 e. The van der Waals surface area contributed by atoms with Crippen LogP contribution in [0.25, 0.3) is 22.3 Å². The molecule has 0 saturated carbocycles. The second kappa shape index (κ2) is 16.4. The van der Waals surface area contributed by atoms with Crippen molar-refractivity contribution in [2.45, 2.75) is 25.7 Å². The lowest BCUT2D eigenvalue weighted by Gasteiger charge is -2.26. The molecule has 5 N–H and O–H groups in total. The van der Waals surface area contributed by atoms with Crippen LogP contribution >= 0.6 is 0 Å². The third-order valence-corrected chi connectivity index (χ3v) is 6.94. The fourth-order valence-corrected chi connectivity index (χ4v) is 4.63. The Kier molecular flexibility index (Phi) is 12.0. The van der Waals surface area contributed by atoms with Crippen LogP contribution in [0, 0.1) is 0 Å². The molecule has 228 valence electrons. The molecular formula is C32H41N7O4. The van der Waals surface area contributed by atoms with Gasteiger partial charge in [-0.2, -0.15) is 0 Å². The van der Waals surface area contributed by atoms with E-state index in [0.29, 0.717) is 36.0 Å². The predicted molar refractivity (Wildman–Crippen MR) is 169 cm³/mol. The van der Waals surface area contributed by atoms with Gasteiger partial charge in [0.1, 0.15) is 17.2 Å². The molecule has 11 nitrogen and oxygen atoms in total. The van der Waals surface area contributed by atoms with E-state index in [1.807, 2.05) is 42.5 Å². The van der Waals surface area contributed by atoms with Crippen molar-refractivity contribution in [3.8, 4) is 22.8 Å². The van der Waals surface area contributed by atoms with Gasteiger partial charge in [-0.15, -0.1) is 0 Å². The van der Waals surface area contributed by atoms with Crippen molar-refractivity contribution >= 4 is 28.3 Å². The minimum absolute atomic E-state index is 0.173. The van der Waals surface area contributed by atoms with Crippen molar-refractivity contribution in [1.29, 1.82) is 0 Å². The number of ether oxygens (including phenoxy) is 2. The van der Waals surface area contributed by atoms with Crippen molar-refractivity contribution in [1.82, 2.24) is 25.6 Å². The summed E-state index contributed by atoms with van der Waals surface area (Å²) < 4.78 is 11.1. The number of rotatable bonds is 17. The molecule has 0 saturated heterocycles. The zero-order valence-corrected chi connectivity index (χ0v) is 24.9. The van der Waals surface area contributed by atoms with Crippen LogP contribution in [0.5, 0.6) is 11.5 Å². The molecule has 0 aliphatic heterocycles. The van der Waals surface area contributed by atoms with E-state index >= 15 is 0 Å². The van der Waals surface area contributed by atoms with E-state index in [4.69, 9.17) is 25.3 Å². The second-order valence-corrected chi connectivity index (χ2v) is 10.0. The Morgan fingerprint density at radius 1 is 0.884 bits per heavy atom. The van der Waals surface area contributed by atoms with Gasteiger partial charge in [0.05, 0.1) is 37.1 Å². The van der Waals surface area contributed by atoms with Crippen LogP contribution in [0.4, 0.5) is 11.4 Å². The number of nitrogens with two attached hydrogens (primary N) is 1. The summed E-state index contributed by atoms with van der Waals surface area (Å²) in [4.78, 5) is 28.6. The molecule has 1 amide bonds. The maximum atomic E-state index is 12.6. The Morgan fingerprint density at radius 3 is 2.42 bits per heavy atom. The number of amides is 1. The van der Waals surface area contributed by atoms with E-state index in [1.54, 1.807) is 32.7 Å². The Labute approximate surface area is 252 Å². The summed E-state index contributed by atoms with van der Waals surface area (Å²) in [7, 11) is 3.27. The number of anilines is 2. The van der Waals surface area contributed by atoms with Crippen LogP contribution in [-0.4, -0.2) is 79.5 Å². The largest absolute Gasteiger partial charge is 0.497 e. The maximum absolute atomic E-state index is 12.6. The molecule has 4 aromatic rings. The van der Waals surface area contributed by atoms with Gasteiger partial charge in [-0.25, -0.2) is 4.98 Å². The lowest BCUT2D eigenvalue weighted by Crippen LogP contribution is -2.25. The number of nitrogens with one attached hydrogen (secondary N) is 2. The van der Waals surface area contributed by atoms with Crippen LogP contribution in [0.2, 0.25) is 0 Å². The number of aliphatic hydroxyl groups is 1. The number of pyridine rings is 1. The zero-order chi connectivity index (χ0) is 30.4. The quantitative estimate of drug-likeness (QED) is 0.135. The number of carbonyl (C=O) groups excluding carboxylic acids is 1. The number of aromatic nitrogens is 3. The Hall–Kier alpha value is -4.32. The Morgan fingerprint density at radius 2 is 1.67 bits per heavy atom. The highest BCUT2D eigenvalue weighted by atomic mass is 16.5. The molecule has 0 atom stereocenters. The molecule has 0 fully saturated rings. The second-order valence-electron chi connectivity index (χ2n) is 10.0. The van der Waals surface area contributed by atoms with Gasteiger partial charge in [0, 0.05) is 61.0 Å². The number of benzene rings is 2. The minimum Gasteiger partial charge on any atom is -0.497 e. The summed E-state index contributed by atoms with van der Waals surface area (Å²) >= 11 is 0. The number of fused-ring (bicyclic) bond motifs is 1. The predicted octanol–water partition coefficient (Wildman–Crippen LogP) is 3.68. The van der Waals surface area contributed by atoms with Gasteiger partial charge >= 0.3 is 0 Å². The maximum Gasteiger partial charge on any atom is 0.269 e. The average Bonchev–Trinajstić information content (AvgIpc) is 3.05. The summed E-state index contributed by atoms with van der Waals surface area (Å²) in [6.07, 6.45) is 6.58. The Balaban J connectivity index is 1.62. The molecule has 2 aromatic carbocycles. The molecule has 0 aliphatic rings. The fraction of sp³-hybridized carbons (Fsp3) is 0.375. The number of aliphatic hydroxyl groups excluding tert-OH is 1. The first-order valence-electron chi connectivity index (χ1n) is 14.6. The molecule has 2 heterocycles. The van der Waals surface area contributed by atoms with E-state index in [0.717, 1.165) is 73.3 Å². The van der Waals surface area contributed by atoms with Gasteiger partial charge in [0.15, 0.2) is 0 Å². The number of methoxy groups -OCH3 is 2. The molecule has 11 heteroatoms. The average molecular weight is 588 g/mol. The number of hydrogen-bond donors (Lipinski definition) is 4. The van der Waals surface area contributed by atoms with Gasteiger partial charge in [0.25, 0.3) is 5.91 Å². The monoisotopic (exact) mass is 587 g/mol.